The number of nitrogens with two attached hydrogens (primary N) is 1. The molecule has 0 aliphatic carbocycles. The van der Waals surface area contributed by atoms with Crippen molar-refractivity contribution in [1.82, 2.24) is 9.97 Å². The van der Waals surface area contributed by atoms with Crippen LogP contribution in [-0.4, -0.2) is 21.2 Å². The molecule has 2 heterocycles. The highest BCUT2D eigenvalue weighted by molar-refractivity contribution is 7.21. The van der Waals surface area contributed by atoms with Gasteiger partial charge in [0.15, 0.2) is 16.7 Å². The number of nitrogens with one attached hydrogen (secondary N) is 1. The van der Waals surface area contributed by atoms with E-state index in [9.17, 15) is 13.6 Å². The number of hydrogen-bond donors (Lipinski definition) is 3. The SMILES string of the molecule is Nc1nc2ccc(Oc3cc(NC(=O)O)c(F)cc3F)nc2s1. The highest BCUT2D eigenvalue weighted by Gasteiger charge is 2.14. The number of benzene rings is 1. The van der Waals surface area contributed by atoms with E-state index in [4.69, 9.17) is 15.6 Å². The van der Waals surface area contributed by atoms with Crippen LogP contribution in [0.4, 0.5) is 24.4 Å². The quantitative estimate of drug-likeness (QED) is 0.675. The first-order valence-corrected chi connectivity index (χ1v) is 6.94. The lowest BCUT2D eigenvalue weighted by Crippen LogP contribution is -2.09. The third kappa shape index (κ3) is 3.11. The minimum absolute atomic E-state index is 0.0351. The van der Waals surface area contributed by atoms with Crippen molar-refractivity contribution in [2.45, 2.75) is 0 Å². The van der Waals surface area contributed by atoms with Crippen LogP contribution in [0.3, 0.4) is 0 Å². The molecule has 0 aliphatic rings. The summed E-state index contributed by atoms with van der Waals surface area (Å²) in [4.78, 5) is 19.2. The highest BCUT2D eigenvalue weighted by atomic mass is 32.1. The number of nitrogen functional groups attached to an aromatic ring is 1. The number of carbonyl (C=O) groups is 1. The molecule has 0 atom stereocenters. The predicted octanol–water partition coefficient (Wildman–Crippen LogP) is 3.43. The van der Waals surface area contributed by atoms with Gasteiger partial charge in [-0.2, -0.15) is 0 Å². The van der Waals surface area contributed by atoms with Crippen LogP contribution in [-0.2, 0) is 0 Å². The Kier molecular flexibility index (Phi) is 3.66. The number of nitrogens with zero attached hydrogens (tertiary/aromatic N) is 2. The molecule has 0 spiro atoms. The largest absolute Gasteiger partial charge is 0.465 e. The Balaban J connectivity index is 1.95. The van der Waals surface area contributed by atoms with Gasteiger partial charge < -0.3 is 15.6 Å². The molecule has 0 saturated heterocycles. The van der Waals surface area contributed by atoms with Crippen LogP contribution in [0.2, 0.25) is 0 Å². The topological polar surface area (TPSA) is 110 Å². The first kappa shape index (κ1) is 14.9. The molecule has 0 bridgehead atoms. The number of amides is 1. The van der Waals surface area contributed by atoms with Crippen molar-refractivity contribution in [3.63, 3.8) is 0 Å². The first-order valence-electron chi connectivity index (χ1n) is 6.12. The molecule has 23 heavy (non-hydrogen) atoms. The number of rotatable bonds is 3. The monoisotopic (exact) mass is 338 g/mol. The van der Waals surface area contributed by atoms with Gasteiger partial charge in [0.25, 0.3) is 0 Å². The molecule has 0 radical (unpaired) electrons. The van der Waals surface area contributed by atoms with Crippen molar-refractivity contribution in [1.29, 1.82) is 0 Å². The highest BCUT2D eigenvalue weighted by Crippen LogP contribution is 2.30. The second kappa shape index (κ2) is 5.65. The zero-order valence-electron chi connectivity index (χ0n) is 11.2. The van der Waals surface area contributed by atoms with Gasteiger partial charge in [0.1, 0.15) is 16.2 Å². The minimum atomic E-state index is -1.49. The fourth-order valence-electron chi connectivity index (χ4n) is 1.80. The number of aromatic nitrogens is 2. The number of anilines is 2. The molecule has 0 unspecified atom stereocenters. The Bertz CT molecular complexity index is 916. The second-order valence-electron chi connectivity index (χ2n) is 4.32. The lowest BCUT2D eigenvalue weighted by Gasteiger charge is -2.09. The smallest absolute Gasteiger partial charge is 0.409 e. The van der Waals surface area contributed by atoms with Gasteiger partial charge in [0.2, 0.25) is 5.88 Å². The van der Waals surface area contributed by atoms with E-state index in [-0.39, 0.29) is 11.6 Å². The van der Waals surface area contributed by atoms with Gasteiger partial charge in [-0.05, 0) is 6.07 Å². The third-order valence-electron chi connectivity index (χ3n) is 2.72. The molecule has 0 fully saturated rings. The van der Waals surface area contributed by atoms with Crippen molar-refractivity contribution < 1.29 is 23.4 Å². The Morgan fingerprint density at radius 1 is 1.26 bits per heavy atom. The number of thiazole rings is 1. The van der Waals surface area contributed by atoms with E-state index in [0.29, 0.717) is 21.5 Å². The number of pyridine rings is 1. The van der Waals surface area contributed by atoms with E-state index in [1.54, 1.807) is 6.07 Å². The van der Waals surface area contributed by atoms with Crippen LogP contribution < -0.4 is 15.8 Å². The van der Waals surface area contributed by atoms with Gasteiger partial charge >= 0.3 is 6.09 Å². The van der Waals surface area contributed by atoms with Gasteiger partial charge in [-0.25, -0.2) is 23.5 Å². The Hall–Kier alpha value is -3.01. The summed E-state index contributed by atoms with van der Waals surface area (Å²) in [6, 6.07) is 4.44. The van der Waals surface area contributed by atoms with Crippen molar-refractivity contribution >= 4 is 38.6 Å². The van der Waals surface area contributed by atoms with Gasteiger partial charge in [-0.1, -0.05) is 11.3 Å². The van der Waals surface area contributed by atoms with Crippen LogP contribution in [0.25, 0.3) is 10.3 Å². The van der Waals surface area contributed by atoms with Gasteiger partial charge in [0.05, 0.1) is 5.69 Å². The van der Waals surface area contributed by atoms with Crippen LogP contribution in [0.15, 0.2) is 24.3 Å². The minimum Gasteiger partial charge on any atom is -0.465 e. The summed E-state index contributed by atoms with van der Waals surface area (Å²) in [5, 5.41) is 10.8. The van der Waals surface area contributed by atoms with Crippen molar-refractivity contribution in [2.75, 3.05) is 11.1 Å². The first-order chi connectivity index (χ1) is 10.9. The van der Waals surface area contributed by atoms with E-state index in [1.807, 2.05) is 5.32 Å². The maximum atomic E-state index is 13.8. The van der Waals surface area contributed by atoms with E-state index in [2.05, 4.69) is 9.97 Å². The summed E-state index contributed by atoms with van der Waals surface area (Å²) in [6.45, 7) is 0. The zero-order chi connectivity index (χ0) is 16.6. The molecular weight excluding hydrogens is 330 g/mol. The average molecular weight is 338 g/mol. The lowest BCUT2D eigenvalue weighted by molar-refractivity contribution is 0.209. The van der Waals surface area contributed by atoms with Crippen molar-refractivity contribution in [3.05, 3.63) is 35.9 Å². The van der Waals surface area contributed by atoms with Crippen LogP contribution >= 0.6 is 11.3 Å². The standard InChI is InChI=1S/C13H8F2N4O3S/c14-5-3-6(15)9(4-8(5)18-13(20)21)22-10-2-1-7-11(19-10)23-12(16)17-7/h1-4,18H,(H2,16,17)(H,20,21). The van der Waals surface area contributed by atoms with E-state index >= 15 is 0 Å². The van der Waals surface area contributed by atoms with E-state index in [0.717, 1.165) is 17.4 Å². The number of ether oxygens (including phenoxy) is 1. The molecule has 118 valence electrons. The van der Waals surface area contributed by atoms with E-state index in [1.165, 1.54) is 6.07 Å². The number of carboxylic acid groups (broad SMARTS) is 1. The van der Waals surface area contributed by atoms with E-state index < -0.39 is 23.4 Å². The van der Waals surface area contributed by atoms with Crippen LogP contribution in [0.5, 0.6) is 11.6 Å². The third-order valence-corrected chi connectivity index (χ3v) is 3.52. The Morgan fingerprint density at radius 2 is 2.04 bits per heavy atom. The summed E-state index contributed by atoms with van der Waals surface area (Å²) in [6.07, 6.45) is -1.49. The van der Waals surface area contributed by atoms with Crippen LogP contribution in [0, 0.1) is 11.6 Å². The summed E-state index contributed by atoms with van der Waals surface area (Å²) < 4.78 is 32.5. The number of fused-ring (bicyclic) bond motifs is 1. The molecule has 7 nitrogen and oxygen atoms in total. The van der Waals surface area contributed by atoms with Crippen LogP contribution in [0.1, 0.15) is 0 Å². The van der Waals surface area contributed by atoms with Gasteiger partial charge in [-0.15, -0.1) is 0 Å². The maximum absolute atomic E-state index is 13.8. The average Bonchev–Trinajstić information content (AvgIpc) is 2.83. The summed E-state index contributed by atoms with van der Waals surface area (Å²) in [7, 11) is 0. The summed E-state index contributed by atoms with van der Waals surface area (Å²) in [5.41, 5.74) is 5.69. The van der Waals surface area contributed by atoms with Gasteiger partial charge in [-0.3, -0.25) is 5.32 Å². The van der Waals surface area contributed by atoms with Crippen molar-refractivity contribution in [2.24, 2.45) is 0 Å². The molecule has 1 aromatic carbocycles. The molecule has 4 N–H and O–H groups in total. The molecule has 0 aliphatic heterocycles. The van der Waals surface area contributed by atoms with Crippen molar-refractivity contribution in [3.8, 4) is 11.6 Å². The molecule has 1 amide bonds. The molecule has 0 saturated carbocycles. The second-order valence-corrected chi connectivity index (χ2v) is 5.33. The Morgan fingerprint density at radius 3 is 2.78 bits per heavy atom. The summed E-state index contributed by atoms with van der Waals surface area (Å²) >= 11 is 1.13. The zero-order valence-corrected chi connectivity index (χ0v) is 12.0. The fraction of sp³-hybridized carbons (Fsp3) is 0. The number of halogens is 2. The van der Waals surface area contributed by atoms with Gasteiger partial charge in [0, 0.05) is 18.2 Å². The molecule has 3 aromatic rings. The Labute approximate surface area is 131 Å². The summed E-state index contributed by atoms with van der Waals surface area (Å²) in [5.74, 6) is -2.40. The number of hydrogen-bond acceptors (Lipinski definition) is 6. The predicted molar refractivity (Wildman–Crippen MR) is 79.9 cm³/mol. The lowest BCUT2D eigenvalue weighted by atomic mass is 10.2. The maximum Gasteiger partial charge on any atom is 0.409 e. The molecular formula is C13H8F2N4O3S. The molecule has 2 aromatic heterocycles. The molecule has 10 heteroatoms. The molecule has 3 rings (SSSR count). The normalized spacial score (nSPS) is 10.7. The fourth-order valence-corrected chi connectivity index (χ4v) is 2.50.